The quantitative estimate of drug-likeness (QED) is 0.114. The second-order valence-electron chi connectivity index (χ2n) is 12.3. The Bertz CT molecular complexity index is 1970. The Morgan fingerprint density at radius 1 is 1.00 bits per heavy atom. The molecule has 16 heteroatoms. The number of nitrogens with two attached hydrogens (primary N) is 1. The van der Waals surface area contributed by atoms with Gasteiger partial charge in [-0.15, -0.1) is 0 Å². The lowest BCUT2D eigenvalue weighted by atomic mass is 9.92. The number of carbonyl (C=O) groups is 4. The zero-order valence-corrected chi connectivity index (χ0v) is 29.3. The summed E-state index contributed by atoms with van der Waals surface area (Å²) in [6, 6.07) is 18.1. The molecule has 13 nitrogen and oxygen atoms in total. The van der Waals surface area contributed by atoms with Crippen molar-refractivity contribution in [2.75, 3.05) is 29.5 Å². The molecule has 1 saturated heterocycles. The van der Waals surface area contributed by atoms with Gasteiger partial charge in [0.05, 0.1) is 24.7 Å². The first-order valence-electron chi connectivity index (χ1n) is 16.5. The number of halogens is 3. The first-order chi connectivity index (χ1) is 25.0. The maximum absolute atomic E-state index is 14.7. The maximum Gasteiger partial charge on any atom is 0.490 e. The maximum atomic E-state index is 14.7. The number of aromatic nitrogens is 1. The van der Waals surface area contributed by atoms with Gasteiger partial charge >= 0.3 is 18.1 Å². The van der Waals surface area contributed by atoms with Crippen molar-refractivity contribution in [3.8, 4) is 11.5 Å². The molecule has 53 heavy (non-hydrogen) atoms. The number of nitrogens with one attached hydrogen (secondary N) is 2. The van der Waals surface area contributed by atoms with Gasteiger partial charge in [0.15, 0.2) is 11.5 Å². The van der Waals surface area contributed by atoms with E-state index >= 15 is 0 Å². The number of fused-ring (bicyclic) bond motifs is 1. The highest BCUT2D eigenvalue weighted by Gasteiger charge is 2.44. The number of hydrogen-bond acceptors (Lipinski definition) is 9. The van der Waals surface area contributed by atoms with Gasteiger partial charge in [0.25, 0.3) is 0 Å². The Kier molecular flexibility index (Phi) is 12.7. The standard InChI is InChI=1S/C35H39N5O6.C2HF3O2/c1-5-45-30-19-23(9-12-29(30)46-20(2)3)31(39-26-10-11-27-22(17-26)13-15-37-33(27)36)34(42)40-16-14-28(35(43)44)32(40)24-7-6-8-25(18-24)38-21(4)41;3-2(4,5)1(6)7/h6-13,15,17-20,28,31-32,39H,5,14,16H2,1-4H3,(H2,36,37)(H,38,41)(H,43,44);(H,6,7). The van der Waals surface area contributed by atoms with Crippen LogP contribution in [0.15, 0.2) is 72.9 Å². The second kappa shape index (κ2) is 17.0. The number of carbonyl (C=O) groups excluding carboxylic acids is 2. The van der Waals surface area contributed by atoms with E-state index in [1.165, 1.54) is 6.92 Å². The van der Waals surface area contributed by atoms with Crippen LogP contribution in [0.4, 0.5) is 30.4 Å². The number of carboxylic acid groups (broad SMARTS) is 2. The third-order valence-corrected chi connectivity index (χ3v) is 8.11. The molecule has 3 atom stereocenters. The summed E-state index contributed by atoms with van der Waals surface area (Å²) in [4.78, 5) is 53.6. The van der Waals surface area contributed by atoms with Crippen LogP contribution in [0.2, 0.25) is 0 Å². The number of rotatable bonds is 11. The molecule has 1 aliphatic rings. The lowest BCUT2D eigenvalue weighted by molar-refractivity contribution is -0.192. The van der Waals surface area contributed by atoms with E-state index in [1.54, 1.807) is 47.5 Å². The van der Waals surface area contributed by atoms with Crippen molar-refractivity contribution < 1.29 is 52.0 Å². The first-order valence-corrected chi connectivity index (χ1v) is 16.5. The van der Waals surface area contributed by atoms with Crippen molar-refractivity contribution in [3.05, 3.63) is 84.1 Å². The van der Waals surface area contributed by atoms with E-state index in [1.807, 2.05) is 51.1 Å². The summed E-state index contributed by atoms with van der Waals surface area (Å²) < 4.78 is 43.6. The third kappa shape index (κ3) is 10.1. The molecule has 0 aliphatic carbocycles. The Hall–Kier alpha value is -6.06. The number of nitrogen functional groups attached to an aromatic ring is 1. The number of amides is 2. The summed E-state index contributed by atoms with van der Waals surface area (Å²) in [5.41, 5.74) is 8.50. The molecule has 3 aromatic carbocycles. The molecule has 0 radical (unpaired) electrons. The molecule has 3 unspecified atom stereocenters. The van der Waals surface area contributed by atoms with E-state index in [9.17, 15) is 32.7 Å². The van der Waals surface area contributed by atoms with Gasteiger partial charge in [0.1, 0.15) is 11.9 Å². The van der Waals surface area contributed by atoms with Gasteiger partial charge in [-0.3, -0.25) is 14.4 Å². The van der Waals surface area contributed by atoms with Gasteiger partial charge in [-0.25, -0.2) is 9.78 Å². The molecule has 2 heterocycles. The van der Waals surface area contributed by atoms with E-state index < -0.39 is 36.1 Å². The van der Waals surface area contributed by atoms with Crippen LogP contribution < -0.4 is 25.8 Å². The van der Waals surface area contributed by atoms with Crippen LogP contribution in [0.25, 0.3) is 10.8 Å². The largest absolute Gasteiger partial charge is 0.490 e. The number of alkyl halides is 3. The van der Waals surface area contributed by atoms with Crippen molar-refractivity contribution >= 4 is 51.7 Å². The fourth-order valence-corrected chi connectivity index (χ4v) is 5.95. The molecule has 2 amide bonds. The van der Waals surface area contributed by atoms with Crippen LogP contribution in [0.1, 0.15) is 57.3 Å². The fraction of sp³-hybridized carbons (Fsp3) is 0.324. The second-order valence-corrected chi connectivity index (χ2v) is 12.3. The summed E-state index contributed by atoms with van der Waals surface area (Å²) in [6.07, 6.45) is -3.27. The number of benzene rings is 3. The fourth-order valence-electron chi connectivity index (χ4n) is 5.95. The van der Waals surface area contributed by atoms with Crippen molar-refractivity contribution in [1.29, 1.82) is 0 Å². The van der Waals surface area contributed by atoms with Crippen LogP contribution >= 0.6 is 0 Å². The summed E-state index contributed by atoms with van der Waals surface area (Å²) in [7, 11) is 0. The van der Waals surface area contributed by atoms with E-state index in [0.29, 0.717) is 46.4 Å². The molecule has 1 fully saturated rings. The van der Waals surface area contributed by atoms with Crippen LogP contribution in [0.3, 0.4) is 0 Å². The summed E-state index contributed by atoms with van der Waals surface area (Å²) in [6.45, 7) is 7.75. The molecule has 0 spiro atoms. The van der Waals surface area contributed by atoms with E-state index in [4.69, 9.17) is 25.1 Å². The van der Waals surface area contributed by atoms with Crippen molar-refractivity contribution in [1.82, 2.24) is 9.88 Å². The number of likely N-dealkylation sites (tertiary alicyclic amines) is 1. The SMILES string of the molecule is CCOc1cc(C(Nc2ccc3c(N)nccc3c2)C(=O)N2CCC(C(=O)O)C2c2cccc(NC(C)=O)c2)ccc1OC(C)C.O=C(O)C(F)(F)F. The summed E-state index contributed by atoms with van der Waals surface area (Å²) in [5.74, 6) is -3.70. The van der Waals surface area contributed by atoms with Crippen LogP contribution in [0, 0.1) is 5.92 Å². The normalized spacial score (nSPS) is 16.0. The predicted molar refractivity (Wildman–Crippen MR) is 191 cm³/mol. The van der Waals surface area contributed by atoms with Crippen LogP contribution in [-0.4, -0.2) is 69.3 Å². The Morgan fingerprint density at radius 3 is 2.34 bits per heavy atom. The highest BCUT2D eigenvalue weighted by Crippen LogP contribution is 2.41. The average Bonchev–Trinajstić information content (AvgIpc) is 3.53. The molecule has 0 bridgehead atoms. The first kappa shape index (κ1) is 39.7. The van der Waals surface area contributed by atoms with Crippen molar-refractivity contribution in [3.63, 3.8) is 0 Å². The van der Waals surface area contributed by atoms with E-state index in [2.05, 4.69) is 15.6 Å². The Morgan fingerprint density at radius 2 is 1.72 bits per heavy atom. The molecule has 282 valence electrons. The number of aliphatic carboxylic acids is 2. The zero-order valence-electron chi connectivity index (χ0n) is 29.3. The smallest absolute Gasteiger partial charge is 0.490 e. The minimum Gasteiger partial charge on any atom is -0.490 e. The number of carboxylic acids is 2. The van der Waals surface area contributed by atoms with Crippen LogP contribution in [0.5, 0.6) is 11.5 Å². The lowest BCUT2D eigenvalue weighted by Crippen LogP contribution is -2.39. The third-order valence-electron chi connectivity index (χ3n) is 8.11. The molecular formula is C37H40F3N5O8. The van der Waals surface area contributed by atoms with Gasteiger partial charge in [0, 0.05) is 36.4 Å². The monoisotopic (exact) mass is 739 g/mol. The van der Waals surface area contributed by atoms with Gasteiger partial charge in [-0.1, -0.05) is 18.2 Å². The number of anilines is 3. The van der Waals surface area contributed by atoms with Crippen molar-refractivity contribution in [2.45, 2.75) is 58.5 Å². The highest BCUT2D eigenvalue weighted by molar-refractivity contribution is 5.94. The van der Waals surface area contributed by atoms with Gasteiger partial charge in [-0.2, -0.15) is 13.2 Å². The van der Waals surface area contributed by atoms with E-state index in [-0.39, 0.29) is 30.9 Å². The minimum absolute atomic E-state index is 0.0910. The Labute approximate surface area is 302 Å². The average molecular weight is 740 g/mol. The van der Waals surface area contributed by atoms with Gasteiger partial charge < -0.3 is 41.0 Å². The van der Waals surface area contributed by atoms with Gasteiger partial charge in [-0.05, 0) is 92.2 Å². The molecule has 0 saturated carbocycles. The topological polar surface area (TPSA) is 193 Å². The minimum atomic E-state index is -5.08. The Balaban J connectivity index is 0.000000815. The zero-order chi connectivity index (χ0) is 39.0. The van der Waals surface area contributed by atoms with Crippen LogP contribution in [-0.2, 0) is 19.2 Å². The summed E-state index contributed by atoms with van der Waals surface area (Å²) >= 11 is 0. The molecule has 4 aromatic rings. The molecule has 5 rings (SSSR count). The highest BCUT2D eigenvalue weighted by atomic mass is 19.4. The number of ether oxygens (including phenoxy) is 2. The summed E-state index contributed by atoms with van der Waals surface area (Å²) in [5, 5.41) is 25.1. The molecule has 1 aliphatic heterocycles. The number of pyridine rings is 1. The molecular weight excluding hydrogens is 699 g/mol. The predicted octanol–water partition coefficient (Wildman–Crippen LogP) is 6.42. The molecule has 6 N–H and O–H groups in total. The number of hydrogen-bond donors (Lipinski definition) is 5. The van der Waals surface area contributed by atoms with Gasteiger partial charge in [0.2, 0.25) is 11.8 Å². The number of nitrogens with zero attached hydrogens (tertiary/aromatic N) is 2. The lowest BCUT2D eigenvalue weighted by Gasteiger charge is -2.32. The van der Waals surface area contributed by atoms with E-state index in [0.717, 1.165) is 10.8 Å². The molecule has 1 aromatic heterocycles. The van der Waals surface area contributed by atoms with Crippen molar-refractivity contribution in [2.24, 2.45) is 5.92 Å².